The highest BCUT2D eigenvalue weighted by atomic mass is 32.2. The normalized spacial score (nSPS) is 15.8. The quantitative estimate of drug-likeness (QED) is 0.670. The summed E-state index contributed by atoms with van der Waals surface area (Å²) in [6, 6.07) is 4.31. The fourth-order valence-electron chi connectivity index (χ4n) is 2.11. The lowest BCUT2D eigenvalue weighted by molar-refractivity contribution is -0.384. The molecule has 2 N–H and O–H groups in total. The first-order valence-corrected chi connectivity index (χ1v) is 6.71. The Balaban J connectivity index is 2.28. The van der Waals surface area contributed by atoms with Gasteiger partial charge in [-0.2, -0.15) is 0 Å². The molecule has 0 aromatic heterocycles. The molecule has 2 rings (SSSR count). The minimum absolute atomic E-state index is 0.0976. The number of hydrogen-bond donors (Lipinski definition) is 1. The summed E-state index contributed by atoms with van der Waals surface area (Å²) in [5, 5.41) is 11.2. The van der Waals surface area contributed by atoms with Crippen molar-refractivity contribution in [3.05, 3.63) is 33.9 Å². The predicted octanol–water partition coefficient (Wildman–Crippen LogP) is 2.73. The van der Waals surface area contributed by atoms with Crippen LogP contribution in [-0.2, 0) is 0 Å². The summed E-state index contributed by atoms with van der Waals surface area (Å²) in [5.74, 6) is -0.612. The van der Waals surface area contributed by atoms with E-state index in [0.717, 1.165) is 17.7 Å². The highest BCUT2D eigenvalue weighted by Gasteiger charge is 2.20. The van der Waals surface area contributed by atoms with E-state index in [1.807, 2.05) is 0 Å². The van der Waals surface area contributed by atoms with E-state index in [0.29, 0.717) is 5.25 Å². The minimum atomic E-state index is -0.612. The molecule has 0 bridgehead atoms. The van der Waals surface area contributed by atoms with E-state index in [-0.39, 0.29) is 11.3 Å². The van der Waals surface area contributed by atoms with E-state index in [4.69, 9.17) is 5.73 Å². The molecule has 1 aliphatic carbocycles. The Bertz CT molecular complexity index is 484. The third-order valence-electron chi connectivity index (χ3n) is 3.04. The largest absolute Gasteiger partial charge is 0.366 e. The number of amides is 1. The van der Waals surface area contributed by atoms with Crippen LogP contribution in [0.2, 0.25) is 0 Å². The second-order valence-electron chi connectivity index (χ2n) is 4.33. The maximum atomic E-state index is 11.4. The van der Waals surface area contributed by atoms with Gasteiger partial charge in [0.15, 0.2) is 0 Å². The Morgan fingerprint density at radius 3 is 2.61 bits per heavy atom. The van der Waals surface area contributed by atoms with Crippen LogP contribution in [0.25, 0.3) is 0 Å². The van der Waals surface area contributed by atoms with Crippen LogP contribution in [0.4, 0.5) is 5.69 Å². The number of carbonyl (C=O) groups is 1. The van der Waals surface area contributed by atoms with Crippen molar-refractivity contribution in [3.8, 4) is 0 Å². The average molecular weight is 266 g/mol. The number of nitrogens with two attached hydrogens (primary N) is 1. The van der Waals surface area contributed by atoms with Crippen LogP contribution in [0, 0.1) is 10.1 Å². The fourth-order valence-corrected chi connectivity index (χ4v) is 3.47. The number of rotatable bonds is 4. The van der Waals surface area contributed by atoms with Crippen LogP contribution in [0.3, 0.4) is 0 Å². The van der Waals surface area contributed by atoms with E-state index in [1.165, 1.54) is 25.0 Å². The van der Waals surface area contributed by atoms with E-state index < -0.39 is 10.8 Å². The molecule has 1 aromatic rings. The Morgan fingerprint density at radius 1 is 1.39 bits per heavy atom. The number of carbonyl (C=O) groups excluding carboxylic acids is 1. The molecule has 1 saturated carbocycles. The van der Waals surface area contributed by atoms with Crippen molar-refractivity contribution in [1.82, 2.24) is 0 Å². The molecule has 0 aliphatic heterocycles. The molecular weight excluding hydrogens is 252 g/mol. The van der Waals surface area contributed by atoms with Crippen LogP contribution in [0.5, 0.6) is 0 Å². The molecule has 0 spiro atoms. The third-order valence-corrected chi connectivity index (χ3v) is 4.45. The molecule has 1 aliphatic rings. The molecule has 0 radical (unpaired) electrons. The van der Waals surface area contributed by atoms with Crippen molar-refractivity contribution in [2.75, 3.05) is 0 Å². The van der Waals surface area contributed by atoms with Crippen molar-refractivity contribution in [1.29, 1.82) is 0 Å². The van der Waals surface area contributed by atoms with Gasteiger partial charge >= 0.3 is 0 Å². The van der Waals surface area contributed by atoms with Gasteiger partial charge in [0.1, 0.15) is 0 Å². The van der Waals surface area contributed by atoms with E-state index >= 15 is 0 Å². The first kappa shape index (κ1) is 12.9. The number of nitro benzene ring substituents is 1. The Kier molecular flexibility index (Phi) is 3.86. The van der Waals surface area contributed by atoms with Gasteiger partial charge in [-0.15, -0.1) is 11.8 Å². The molecule has 0 unspecified atom stereocenters. The van der Waals surface area contributed by atoms with Crippen LogP contribution in [0.1, 0.15) is 36.0 Å². The summed E-state index contributed by atoms with van der Waals surface area (Å²) in [6.45, 7) is 0. The summed E-state index contributed by atoms with van der Waals surface area (Å²) in [6.07, 6.45) is 4.66. The van der Waals surface area contributed by atoms with Crippen molar-refractivity contribution < 1.29 is 9.72 Å². The molecule has 1 aromatic carbocycles. The first-order valence-electron chi connectivity index (χ1n) is 5.83. The van der Waals surface area contributed by atoms with Gasteiger partial charge in [0, 0.05) is 22.3 Å². The van der Waals surface area contributed by atoms with Crippen LogP contribution in [0.15, 0.2) is 23.1 Å². The maximum Gasteiger partial charge on any atom is 0.270 e. The Hall–Kier alpha value is -1.56. The molecular formula is C12H14N2O3S. The summed E-state index contributed by atoms with van der Waals surface area (Å²) in [7, 11) is 0. The van der Waals surface area contributed by atoms with Gasteiger partial charge in [0.2, 0.25) is 5.91 Å². The van der Waals surface area contributed by atoms with Gasteiger partial charge in [-0.05, 0) is 18.9 Å². The highest BCUT2D eigenvalue weighted by molar-refractivity contribution is 8.00. The maximum absolute atomic E-state index is 11.4. The van der Waals surface area contributed by atoms with E-state index in [1.54, 1.807) is 17.8 Å². The van der Waals surface area contributed by atoms with Crippen molar-refractivity contribution in [2.24, 2.45) is 5.73 Å². The summed E-state index contributed by atoms with van der Waals surface area (Å²) in [4.78, 5) is 22.3. The lowest BCUT2D eigenvalue weighted by Crippen LogP contribution is -2.13. The van der Waals surface area contributed by atoms with Gasteiger partial charge in [-0.3, -0.25) is 14.9 Å². The molecule has 18 heavy (non-hydrogen) atoms. The van der Waals surface area contributed by atoms with Crippen LogP contribution in [-0.4, -0.2) is 16.1 Å². The number of thioether (sulfide) groups is 1. The molecule has 1 amide bonds. The lowest BCUT2D eigenvalue weighted by atomic mass is 10.2. The number of nitro groups is 1. The number of nitrogens with zero attached hydrogens (tertiary/aromatic N) is 1. The van der Waals surface area contributed by atoms with Gasteiger partial charge < -0.3 is 5.73 Å². The molecule has 0 heterocycles. The standard InChI is InChI=1S/C12H14N2O3S/c13-12(15)10-7-8(14(16)17)5-6-11(10)18-9-3-1-2-4-9/h5-7,9H,1-4H2,(H2,13,15). The van der Waals surface area contributed by atoms with Gasteiger partial charge in [0.05, 0.1) is 10.5 Å². The lowest BCUT2D eigenvalue weighted by Gasteiger charge is -2.11. The molecule has 0 atom stereocenters. The average Bonchev–Trinajstić information content (AvgIpc) is 2.81. The Morgan fingerprint density at radius 2 is 2.06 bits per heavy atom. The van der Waals surface area contributed by atoms with Crippen LogP contribution >= 0.6 is 11.8 Å². The molecule has 96 valence electrons. The van der Waals surface area contributed by atoms with E-state index in [9.17, 15) is 14.9 Å². The zero-order valence-corrected chi connectivity index (χ0v) is 10.6. The number of primary amides is 1. The second-order valence-corrected chi connectivity index (χ2v) is 5.67. The second kappa shape index (κ2) is 5.39. The smallest absolute Gasteiger partial charge is 0.270 e. The van der Waals surface area contributed by atoms with E-state index in [2.05, 4.69) is 0 Å². The van der Waals surface area contributed by atoms with Gasteiger partial charge in [-0.1, -0.05) is 12.8 Å². The number of hydrogen-bond acceptors (Lipinski definition) is 4. The summed E-state index contributed by atoms with van der Waals surface area (Å²) in [5.41, 5.74) is 5.44. The number of non-ortho nitro benzene ring substituents is 1. The monoisotopic (exact) mass is 266 g/mol. The van der Waals surface area contributed by atoms with Crippen molar-refractivity contribution in [2.45, 2.75) is 35.8 Å². The zero-order valence-electron chi connectivity index (χ0n) is 9.80. The first-order chi connectivity index (χ1) is 8.58. The zero-order chi connectivity index (χ0) is 13.1. The summed E-state index contributed by atoms with van der Waals surface area (Å²) < 4.78 is 0. The van der Waals surface area contributed by atoms with Gasteiger partial charge in [0.25, 0.3) is 5.69 Å². The molecule has 1 fully saturated rings. The number of benzene rings is 1. The highest BCUT2D eigenvalue weighted by Crippen LogP contribution is 2.37. The van der Waals surface area contributed by atoms with Crippen LogP contribution < -0.4 is 5.73 Å². The van der Waals surface area contributed by atoms with Crippen molar-refractivity contribution in [3.63, 3.8) is 0 Å². The molecule has 6 heteroatoms. The SMILES string of the molecule is NC(=O)c1cc([N+](=O)[O-])ccc1SC1CCCC1. The Labute approximate surface area is 109 Å². The predicted molar refractivity (Wildman–Crippen MR) is 69.7 cm³/mol. The van der Waals surface area contributed by atoms with Crippen molar-refractivity contribution >= 4 is 23.4 Å². The molecule has 5 nitrogen and oxygen atoms in total. The summed E-state index contributed by atoms with van der Waals surface area (Å²) >= 11 is 1.60. The molecule has 0 saturated heterocycles. The minimum Gasteiger partial charge on any atom is -0.366 e. The topological polar surface area (TPSA) is 86.2 Å². The van der Waals surface area contributed by atoms with Gasteiger partial charge in [-0.25, -0.2) is 0 Å². The fraction of sp³-hybridized carbons (Fsp3) is 0.417. The third kappa shape index (κ3) is 2.81.